The van der Waals surface area contributed by atoms with Crippen molar-refractivity contribution in [2.45, 2.75) is 39.5 Å². The molecule has 0 fully saturated rings. The van der Waals surface area contributed by atoms with Crippen LogP contribution in [0.15, 0.2) is 78.0 Å². The van der Waals surface area contributed by atoms with E-state index < -0.39 is 30.3 Å². The molecule has 4 aromatic rings. The summed E-state index contributed by atoms with van der Waals surface area (Å²) in [6.07, 6.45) is 2.01. The average Bonchev–Trinajstić information content (AvgIpc) is 3.01. The zero-order valence-electron chi connectivity index (χ0n) is 25.0. The van der Waals surface area contributed by atoms with Crippen molar-refractivity contribution < 1.29 is 27.5 Å². The Morgan fingerprint density at radius 2 is 1.40 bits per heavy atom. The van der Waals surface area contributed by atoms with E-state index in [4.69, 9.17) is 0 Å². The first kappa shape index (κ1) is 33.2. The second kappa shape index (κ2) is 14.4. The molecule has 45 heavy (non-hydrogen) atoms. The third kappa shape index (κ3) is 8.06. The van der Waals surface area contributed by atoms with Crippen molar-refractivity contribution in [3.63, 3.8) is 0 Å². The zero-order chi connectivity index (χ0) is 32.7. The largest absolute Gasteiger partial charge is 0.416 e. The summed E-state index contributed by atoms with van der Waals surface area (Å²) in [4.78, 5) is 22.0. The van der Waals surface area contributed by atoms with E-state index in [1.807, 2.05) is 63.2 Å². The summed E-state index contributed by atoms with van der Waals surface area (Å²) < 4.78 is 55.9. The van der Waals surface area contributed by atoms with E-state index in [0.717, 1.165) is 39.4 Å². The molecule has 0 aliphatic rings. The highest BCUT2D eigenvalue weighted by Gasteiger charge is 2.32. The minimum Gasteiger partial charge on any atom is -0.394 e. The number of carbonyl (C=O) groups excluding carboxylic acids is 1. The zero-order valence-corrected chi connectivity index (χ0v) is 25.0. The fourth-order valence-electron chi connectivity index (χ4n) is 5.05. The number of nitrogens with one attached hydrogen (secondary N) is 1. The van der Waals surface area contributed by atoms with Gasteiger partial charge in [0.2, 0.25) is 0 Å². The van der Waals surface area contributed by atoms with Gasteiger partial charge in [0.15, 0.2) is 0 Å². The van der Waals surface area contributed by atoms with Crippen molar-refractivity contribution in [2.75, 3.05) is 6.61 Å². The van der Waals surface area contributed by atoms with Gasteiger partial charge in [-0.3, -0.25) is 10.1 Å². The second-order valence-electron chi connectivity index (χ2n) is 10.7. The number of hydrogen-bond acceptors (Lipinski definition) is 4. The van der Waals surface area contributed by atoms with Crippen molar-refractivity contribution in [1.29, 1.82) is 0 Å². The maximum atomic E-state index is 14.3. The highest BCUT2D eigenvalue weighted by Crippen LogP contribution is 2.35. The van der Waals surface area contributed by atoms with Crippen LogP contribution in [0.5, 0.6) is 0 Å². The van der Waals surface area contributed by atoms with E-state index in [2.05, 4.69) is 10.5 Å². The molecule has 0 radical (unpaired) electrons. The van der Waals surface area contributed by atoms with Gasteiger partial charge >= 0.3 is 12.1 Å². The molecule has 5 nitrogen and oxygen atoms in total. The third-order valence-corrected chi connectivity index (χ3v) is 7.62. The molecule has 2 N–H and O–H groups in total. The number of nitrogens with zero attached hydrogens (tertiary/aromatic N) is 1. The van der Waals surface area contributed by atoms with Gasteiger partial charge in [-0.2, -0.15) is 13.2 Å². The van der Waals surface area contributed by atoms with E-state index in [1.165, 1.54) is 24.3 Å². The molecular formula is C36H32F4N2O3. The van der Waals surface area contributed by atoms with E-state index in [9.17, 15) is 32.4 Å². The van der Waals surface area contributed by atoms with Gasteiger partial charge in [0.25, 0.3) is 0 Å². The first-order valence-electron chi connectivity index (χ1n) is 14.2. The SMILES string of the molecule is Cc1ccc(F)c(/C=C/c2cccc(-c3cccc(/C=C/c4cc(CNC(CO)C(=O)N=O)ccc4C(F)(F)F)c3C)c2C)c1. The molecule has 232 valence electrons. The van der Waals surface area contributed by atoms with Gasteiger partial charge in [-0.15, -0.1) is 4.91 Å². The number of hydrogen-bond donors (Lipinski definition) is 2. The second-order valence-corrected chi connectivity index (χ2v) is 10.7. The predicted octanol–water partition coefficient (Wildman–Crippen LogP) is 8.52. The fraction of sp³-hybridized carbons (Fsp3) is 0.194. The van der Waals surface area contributed by atoms with Crippen molar-refractivity contribution in [3.05, 3.63) is 134 Å². The first-order valence-corrected chi connectivity index (χ1v) is 14.2. The Bertz CT molecular complexity index is 1780. The maximum absolute atomic E-state index is 14.3. The van der Waals surface area contributed by atoms with Crippen LogP contribution >= 0.6 is 0 Å². The lowest BCUT2D eigenvalue weighted by atomic mass is 9.91. The number of alkyl halides is 3. The van der Waals surface area contributed by atoms with Gasteiger partial charge < -0.3 is 5.11 Å². The van der Waals surface area contributed by atoms with Gasteiger partial charge in [-0.25, -0.2) is 4.39 Å². The van der Waals surface area contributed by atoms with Crippen LogP contribution < -0.4 is 5.32 Å². The molecule has 0 saturated carbocycles. The van der Waals surface area contributed by atoms with E-state index in [-0.39, 0.29) is 17.9 Å². The van der Waals surface area contributed by atoms with Crippen molar-refractivity contribution >= 4 is 30.2 Å². The normalized spacial score (nSPS) is 12.6. The van der Waals surface area contributed by atoms with Crippen molar-refractivity contribution in [3.8, 4) is 11.1 Å². The van der Waals surface area contributed by atoms with Crippen LogP contribution in [0.25, 0.3) is 35.4 Å². The minimum atomic E-state index is -4.61. The highest BCUT2D eigenvalue weighted by atomic mass is 19.4. The molecule has 1 amide bonds. The molecule has 4 rings (SSSR count). The molecule has 1 atom stereocenters. The Morgan fingerprint density at radius 1 is 0.822 bits per heavy atom. The summed E-state index contributed by atoms with van der Waals surface area (Å²) in [5.41, 5.74) is 6.23. The summed E-state index contributed by atoms with van der Waals surface area (Å²) in [6.45, 7) is 5.02. The summed E-state index contributed by atoms with van der Waals surface area (Å²) in [5, 5.41) is 14.2. The van der Waals surface area contributed by atoms with Crippen LogP contribution in [-0.4, -0.2) is 23.7 Å². The molecule has 1 unspecified atom stereocenters. The molecule has 0 bridgehead atoms. The number of rotatable bonds is 10. The summed E-state index contributed by atoms with van der Waals surface area (Å²) >= 11 is 0. The number of aryl methyl sites for hydroxylation is 1. The molecule has 4 aromatic carbocycles. The van der Waals surface area contributed by atoms with Crippen LogP contribution in [0.3, 0.4) is 0 Å². The number of benzene rings is 4. The van der Waals surface area contributed by atoms with Gasteiger partial charge in [0, 0.05) is 17.3 Å². The molecular weight excluding hydrogens is 584 g/mol. The lowest BCUT2D eigenvalue weighted by molar-refractivity contribution is -0.137. The summed E-state index contributed by atoms with van der Waals surface area (Å²) in [6, 6.07) is 18.7. The molecule has 9 heteroatoms. The Kier molecular flexibility index (Phi) is 10.6. The Morgan fingerprint density at radius 3 is 1.96 bits per heavy atom. The number of amides is 1. The first-order chi connectivity index (χ1) is 21.4. The quantitative estimate of drug-likeness (QED) is 0.106. The summed E-state index contributed by atoms with van der Waals surface area (Å²) in [5.74, 6) is -1.41. The van der Waals surface area contributed by atoms with E-state index in [0.29, 0.717) is 16.7 Å². The highest BCUT2D eigenvalue weighted by molar-refractivity contribution is 5.83. The molecule has 0 aliphatic carbocycles. The van der Waals surface area contributed by atoms with Crippen LogP contribution in [-0.2, 0) is 17.5 Å². The van der Waals surface area contributed by atoms with Gasteiger partial charge in [0.05, 0.1) is 12.2 Å². The van der Waals surface area contributed by atoms with Crippen LogP contribution in [0.1, 0.15) is 50.1 Å². The van der Waals surface area contributed by atoms with Gasteiger partial charge in [-0.1, -0.05) is 78.4 Å². The number of nitroso groups, excluding NO2 is 1. The topological polar surface area (TPSA) is 78.8 Å². The molecule has 0 saturated heterocycles. The number of carbonyl (C=O) groups is 1. The smallest absolute Gasteiger partial charge is 0.394 e. The maximum Gasteiger partial charge on any atom is 0.416 e. The minimum absolute atomic E-state index is 0.0689. The van der Waals surface area contributed by atoms with E-state index in [1.54, 1.807) is 24.3 Å². The van der Waals surface area contributed by atoms with Crippen LogP contribution in [0.4, 0.5) is 17.6 Å². The van der Waals surface area contributed by atoms with Gasteiger partial charge in [-0.05, 0) is 89.5 Å². The number of aliphatic hydroxyl groups excluding tert-OH is 1. The average molecular weight is 617 g/mol. The predicted molar refractivity (Wildman–Crippen MR) is 170 cm³/mol. The van der Waals surface area contributed by atoms with Crippen molar-refractivity contribution in [1.82, 2.24) is 5.32 Å². The standard InChI is InChI=1S/C36H32F4N2O3/c1-22-10-17-33(37)29(18-22)15-13-27-7-5-9-31(24(27)3)30-8-4-6-26(23(30)2)12-14-28-19-25(11-16-32(28)36(38,39)40)20-41-34(21-43)35(44)42-45/h4-19,34,41,43H,20-21H2,1-3H3/b14-12+,15-13+. The summed E-state index contributed by atoms with van der Waals surface area (Å²) in [7, 11) is 0. The van der Waals surface area contributed by atoms with Crippen LogP contribution in [0, 0.1) is 31.5 Å². The van der Waals surface area contributed by atoms with Crippen molar-refractivity contribution in [2.24, 2.45) is 5.18 Å². The molecule has 0 spiro atoms. The number of aliphatic hydroxyl groups is 1. The number of halogens is 4. The lowest BCUT2D eigenvalue weighted by Gasteiger charge is -2.15. The molecule has 0 aromatic heterocycles. The fourth-order valence-corrected chi connectivity index (χ4v) is 5.05. The Balaban J connectivity index is 1.66. The monoisotopic (exact) mass is 616 g/mol. The molecule has 0 heterocycles. The lowest BCUT2D eigenvalue weighted by Crippen LogP contribution is -2.38. The Labute approximate surface area is 258 Å². The Hall–Kier alpha value is -4.73. The van der Waals surface area contributed by atoms with Crippen LogP contribution in [0.2, 0.25) is 0 Å². The molecule has 0 aliphatic heterocycles. The van der Waals surface area contributed by atoms with E-state index >= 15 is 0 Å². The van der Waals surface area contributed by atoms with Gasteiger partial charge in [0.1, 0.15) is 11.9 Å². The third-order valence-electron chi connectivity index (χ3n) is 7.62.